The SMILES string of the molecule is CC(C)N(C)Cc1csc(NC(=O)Nc2ccc(CN)c(Br)c2)n1. The van der Waals surface area contributed by atoms with Gasteiger partial charge in [0.1, 0.15) is 0 Å². The Hall–Kier alpha value is -1.48. The van der Waals surface area contributed by atoms with Crippen molar-refractivity contribution in [3.8, 4) is 0 Å². The normalized spacial score (nSPS) is 11.1. The zero-order valence-corrected chi connectivity index (χ0v) is 16.4. The van der Waals surface area contributed by atoms with E-state index in [1.54, 1.807) is 0 Å². The quantitative estimate of drug-likeness (QED) is 0.673. The fourth-order valence-corrected chi connectivity index (χ4v) is 3.16. The zero-order valence-electron chi connectivity index (χ0n) is 14.0. The van der Waals surface area contributed by atoms with Gasteiger partial charge < -0.3 is 11.1 Å². The Balaban J connectivity index is 1.93. The van der Waals surface area contributed by atoms with Crippen molar-refractivity contribution in [2.45, 2.75) is 33.0 Å². The van der Waals surface area contributed by atoms with Crippen LogP contribution in [-0.4, -0.2) is 29.0 Å². The van der Waals surface area contributed by atoms with Crippen LogP contribution in [0.5, 0.6) is 0 Å². The number of thiazole rings is 1. The van der Waals surface area contributed by atoms with Gasteiger partial charge in [0.25, 0.3) is 0 Å². The van der Waals surface area contributed by atoms with Crippen LogP contribution in [-0.2, 0) is 13.1 Å². The molecule has 2 aromatic rings. The predicted octanol–water partition coefficient (Wildman–Crippen LogP) is 3.85. The maximum atomic E-state index is 12.1. The molecule has 0 atom stereocenters. The van der Waals surface area contributed by atoms with Crippen LogP contribution in [0.3, 0.4) is 0 Å². The molecule has 2 rings (SSSR count). The fourth-order valence-electron chi connectivity index (χ4n) is 1.93. The molecule has 2 amide bonds. The molecule has 1 aromatic carbocycles. The van der Waals surface area contributed by atoms with E-state index >= 15 is 0 Å². The number of carbonyl (C=O) groups excluding carboxylic acids is 1. The second-order valence-corrected chi connectivity index (χ2v) is 7.45. The number of carbonyl (C=O) groups is 1. The molecule has 6 nitrogen and oxygen atoms in total. The van der Waals surface area contributed by atoms with E-state index in [-0.39, 0.29) is 6.03 Å². The van der Waals surface area contributed by atoms with Crippen LogP contribution in [0.1, 0.15) is 25.1 Å². The zero-order chi connectivity index (χ0) is 17.7. The standard InChI is InChI=1S/C16H22BrN5OS/c1-10(2)22(3)8-13-9-24-16(20-13)21-15(23)19-12-5-4-11(7-18)14(17)6-12/h4-6,9-10H,7-8,18H2,1-3H3,(H2,19,20,21,23). The van der Waals surface area contributed by atoms with Crippen LogP contribution >= 0.6 is 27.3 Å². The van der Waals surface area contributed by atoms with Gasteiger partial charge in [-0.2, -0.15) is 0 Å². The molecule has 0 bridgehead atoms. The minimum atomic E-state index is -0.319. The lowest BCUT2D eigenvalue weighted by Crippen LogP contribution is -2.25. The van der Waals surface area contributed by atoms with E-state index in [4.69, 9.17) is 5.73 Å². The molecule has 24 heavy (non-hydrogen) atoms. The highest BCUT2D eigenvalue weighted by Gasteiger charge is 2.10. The molecule has 4 N–H and O–H groups in total. The van der Waals surface area contributed by atoms with Gasteiger partial charge in [0.05, 0.1) is 5.69 Å². The molecule has 1 aromatic heterocycles. The van der Waals surface area contributed by atoms with Gasteiger partial charge in [-0.1, -0.05) is 22.0 Å². The Bertz CT molecular complexity index is 704. The van der Waals surface area contributed by atoms with Crippen molar-refractivity contribution in [1.82, 2.24) is 9.88 Å². The van der Waals surface area contributed by atoms with Gasteiger partial charge in [0.2, 0.25) is 0 Å². The number of anilines is 2. The topological polar surface area (TPSA) is 83.3 Å². The fraction of sp³-hybridized carbons (Fsp3) is 0.375. The van der Waals surface area contributed by atoms with Crippen molar-refractivity contribution in [2.75, 3.05) is 17.7 Å². The summed E-state index contributed by atoms with van der Waals surface area (Å²) in [5.74, 6) is 0. The first-order valence-corrected chi connectivity index (χ1v) is 9.27. The average Bonchev–Trinajstić information content (AvgIpc) is 2.94. The Kier molecular flexibility index (Phi) is 6.73. The third kappa shape index (κ3) is 5.27. The third-order valence-electron chi connectivity index (χ3n) is 3.60. The number of aromatic nitrogens is 1. The second kappa shape index (κ2) is 8.57. The first-order chi connectivity index (χ1) is 11.4. The molecule has 0 aliphatic rings. The molecule has 0 radical (unpaired) electrons. The van der Waals surface area contributed by atoms with Gasteiger partial charge in [-0.3, -0.25) is 10.2 Å². The Morgan fingerprint density at radius 2 is 2.17 bits per heavy atom. The largest absolute Gasteiger partial charge is 0.326 e. The predicted molar refractivity (Wildman–Crippen MR) is 103 cm³/mol. The van der Waals surface area contributed by atoms with E-state index in [1.165, 1.54) is 11.3 Å². The van der Waals surface area contributed by atoms with E-state index < -0.39 is 0 Å². The van der Waals surface area contributed by atoms with Crippen LogP contribution in [0.15, 0.2) is 28.1 Å². The van der Waals surface area contributed by atoms with Gasteiger partial charge >= 0.3 is 6.03 Å². The molecule has 0 unspecified atom stereocenters. The number of nitrogens with zero attached hydrogens (tertiary/aromatic N) is 2. The van der Waals surface area contributed by atoms with Crippen molar-refractivity contribution in [3.63, 3.8) is 0 Å². The summed E-state index contributed by atoms with van der Waals surface area (Å²) in [6, 6.07) is 5.65. The molecular formula is C16H22BrN5OS. The summed E-state index contributed by atoms with van der Waals surface area (Å²) in [4.78, 5) is 18.7. The van der Waals surface area contributed by atoms with E-state index in [9.17, 15) is 4.79 Å². The van der Waals surface area contributed by atoms with E-state index in [1.807, 2.05) is 30.6 Å². The summed E-state index contributed by atoms with van der Waals surface area (Å²) in [5, 5.41) is 8.09. The molecule has 8 heteroatoms. The monoisotopic (exact) mass is 411 g/mol. The van der Waals surface area contributed by atoms with Gasteiger partial charge in [0.15, 0.2) is 5.13 Å². The highest BCUT2D eigenvalue weighted by Crippen LogP contribution is 2.22. The van der Waals surface area contributed by atoms with E-state index in [0.29, 0.717) is 23.4 Å². The number of halogens is 1. The van der Waals surface area contributed by atoms with Crippen LogP contribution in [0.4, 0.5) is 15.6 Å². The average molecular weight is 412 g/mol. The van der Waals surface area contributed by atoms with Crippen LogP contribution in [0.2, 0.25) is 0 Å². The Labute approximate surface area is 154 Å². The number of benzene rings is 1. The molecule has 1 heterocycles. The van der Waals surface area contributed by atoms with Crippen molar-refractivity contribution < 1.29 is 4.79 Å². The first kappa shape index (κ1) is 18.9. The smallest absolute Gasteiger partial charge is 0.325 e. The number of nitrogens with two attached hydrogens (primary N) is 1. The van der Waals surface area contributed by atoms with Gasteiger partial charge in [-0.15, -0.1) is 11.3 Å². The van der Waals surface area contributed by atoms with Gasteiger partial charge in [-0.05, 0) is 38.6 Å². The maximum Gasteiger partial charge on any atom is 0.325 e. The lowest BCUT2D eigenvalue weighted by molar-refractivity contribution is 0.261. The molecule has 0 aliphatic heterocycles. The number of amides is 2. The number of urea groups is 1. The van der Waals surface area contributed by atoms with Crippen LogP contribution < -0.4 is 16.4 Å². The first-order valence-electron chi connectivity index (χ1n) is 7.60. The lowest BCUT2D eigenvalue weighted by Gasteiger charge is -2.19. The molecular weight excluding hydrogens is 390 g/mol. The van der Waals surface area contributed by atoms with Crippen molar-refractivity contribution in [2.24, 2.45) is 5.73 Å². The highest BCUT2D eigenvalue weighted by molar-refractivity contribution is 9.10. The molecule has 0 saturated heterocycles. The second-order valence-electron chi connectivity index (χ2n) is 5.74. The summed E-state index contributed by atoms with van der Waals surface area (Å²) in [7, 11) is 2.05. The maximum absolute atomic E-state index is 12.1. The number of nitrogens with one attached hydrogen (secondary N) is 2. The van der Waals surface area contributed by atoms with Crippen LogP contribution in [0, 0.1) is 0 Å². The Morgan fingerprint density at radius 1 is 1.42 bits per heavy atom. The molecule has 130 valence electrons. The van der Waals surface area contributed by atoms with Gasteiger partial charge in [-0.25, -0.2) is 9.78 Å². The minimum absolute atomic E-state index is 0.319. The highest BCUT2D eigenvalue weighted by atomic mass is 79.9. The lowest BCUT2D eigenvalue weighted by atomic mass is 10.2. The van der Waals surface area contributed by atoms with Crippen LogP contribution in [0.25, 0.3) is 0 Å². The number of hydrogen-bond acceptors (Lipinski definition) is 5. The van der Waals surface area contributed by atoms with Crippen molar-refractivity contribution >= 4 is 44.1 Å². The summed E-state index contributed by atoms with van der Waals surface area (Å²) in [5.41, 5.74) is 8.24. The van der Waals surface area contributed by atoms with Gasteiger partial charge in [0, 0.05) is 34.7 Å². The van der Waals surface area contributed by atoms with Crippen molar-refractivity contribution in [3.05, 3.63) is 39.3 Å². The number of rotatable bonds is 6. The molecule has 0 spiro atoms. The summed E-state index contributed by atoms with van der Waals surface area (Å²) in [6.45, 7) is 5.46. The van der Waals surface area contributed by atoms with Crippen molar-refractivity contribution in [1.29, 1.82) is 0 Å². The summed E-state index contributed by atoms with van der Waals surface area (Å²) < 4.78 is 0.871. The molecule has 0 saturated carbocycles. The third-order valence-corrected chi connectivity index (χ3v) is 5.14. The summed E-state index contributed by atoms with van der Waals surface area (Å²) in [6.07, 6.45) is 0. The molecule has 0 fully saturated rings. The summed E-state index contributed by atoms with van der Waals surface area (Å²) >= 11 is 4.85. The number of hydrogen-bond donors (Lipinski definition) is 3. The van der Waals surface area contributed by atoms with E-state index in [2.05, 4.69) is 50.3 Å². The minimum Gasteiger partial charge on any atom is -0.326 e. The molecule has 0 aliphatic carbocycles. The van der Waals surface area contributed by atoms with E-state index in [0.717, 1.165) is 22.3 Å². The Morgan fingerprint density at radius 3 is 2.79 bits per heavy atom.